The van der Waals surface area contributed by atoms with Gasteiger partial charge >= 0.3 is 12.2 Å². The quantitative estimate of drug-likeness (QED) is 0.803. The van der Waals surface area contributed by atoms with Crippen molar-refractivity contribution in [1.82, 2.24) is 10.4 Å². The van der Waals surface area contributed by atoms with E-state index in [4.69, 9.17) is 4.84 Å². The molecule has 1 aliphatic rings. The molecule has 2 rings (SSSR count). The van der Waals surface area contributed by atoms with Gasteiger partial charge in [0.1, 0.15) is 0 Å². The van der Waals surface area contributed by atoms with E-state index < -0.39 is 29.5 Å². The van der Waals surface area contributed by atoms with Crippen molar-refractivity contribution in [2.24, 2.45) is 0 Å². The summed E-state index contributed by atoms with van der Waals surface area (Å²) in [4.78, 5) is 16.9. The number of amides is 2. The Labute approximate surface area is 120 Å². The van der Waals surface area contributed by atoms with Gasteiger partial charge in [-0.3, -0.25) is 0 Å². The number of hydroxylamine groups is 2. The molecule has 0 spiro atoms. The Kier molecular flexibility index (Phi) is 3.65. The first-order chi connectivity index (χ1) is 9.47. The lowest BCUT2D eigenvalue weighted by Gasteiger charge is -2.19. The highest BCUT2D eigenvalue weighted by Crippen LogP contribution is 2.40. The third kappa shape index (κ3) is 3.87. The molecule has 0 saturated carbocycles. The summed E-state index contributed by atoms with van der Waals surface area (Å²) >= 11 is 0. The summed E-state index contributed by atoms with van der Waals surface area (Å²) in [5, 5.41) is 3.71. The fraction of sp³-hybridized carbons (Fsp3) is 0.500. The Bertz CT molecular complexity index is 564. The van der Waals surface area contributed by atoms with Gasteiger partial charge in [0.05, 0.1) is 5.56 Å². The second kappa shape index (κ2) is 4.91. The van der Waals surface area contributed by atoms with Crippen LogP contribution in [0.4, 0.5) is 18.0 Å². The summed E-state index contributed by atoms with van der Waals surface area (Å²) in [6.07, 6.45) is -5.19. The van der Waals surface area contributed by atoms with E-state index in [0.717, 1.165) is 17.2 Å². The second-order valence-corrected chi connectivity index (χ2v) is 6.09. The van der Waals surface area contributed by atoms with E-state index in [1.165, 1.54) is 0 Å². The van der Waals surface area contributed by atoms with E-state index in [1.807, 2.05) is 0 Å². The summed E-state index contributed by atoms with van der Waals surface area (Å²) < 4.78 is 38.3. The third-order valence-electron chi connectivity index (χ3n) is 2.78. The minimum absolute atomic E-state index is 0.311. The first kappa shape index (κ1) is 15.6. The lowest BCUT2D eigenvalue weighted by molar-refractivity contribution is -0.137. The van der Waals surface area contributed by atoms with Crippen molar-refractivity contribution in [1.29, 1.82) is 0 Å². The van der Waals surface area contributed by atoms with E-state index in [0.29, 0.717) is 11.1 Å². The van der Waals surface area contributed by atoms with Crippen LogP contribution >= 0.6 is 0 Å². The van der Waals surface area contributed by atoms with Crippen LogP contribution in [0.1, 0.15) is 43.7 Å². The number of nitrogens with zero attached hydrogens (tertiary/aromatic N) is 1. The minimum Gasteiger partial charge on any atom is -0.332 e. The zero-order valence-corrected chi connectivity index (χ0v) is 12.2. The van der Waals surface area contributed by atoms with Gasteiger partial charge in [0.2, 0.25) is 6.23 Å². The Morgan fingerprint density at radius 2 is 1.86 bits per heavy atom. The lowest BCUT2D eigenvalue weighted by Crippen LogP contribution is -2.43. The van der Waals surface area contributed by atoms with E-state index in [1.54, 1.807) is 33.8 Å². The molecule has 7 heteroatoms. The second-order valence-electron chi connectivity index (χ2n) is 6.09. The fourth-order valence-electron chi connectivity index (χ4n) is 1.93. The van der Waals surface area contributed by atoms with E-state index >= 15 is 0 Å². The molecule has 1 unspecified atom stereocenters. The Morgan fingerprint density at radius 1 is 1.24 bits per heavy atom. The topological polar surface area (TPSA) is 44.6 Å². The summed E-state index contributed by atoms with van der Waals surface area (Å²) in [7, 11) is 0. The SMILES string of the molecule is Cc1cc(C2ON2C(=O)NC(C)(C)C)cc(C(F)(F)F)c1. The average Bonchev–Trinajstić information content (AvgIpc) is 3.04. The van der Waals surface area contributed by atoms with Gasteiger partial charge in [0.15, 0.2) is 0 Å². The summed E-state index contributed by atoms with van der Waals surface area (Å²) in [6, 6.07) is 3.17. The molecule has 1 heterocycles. The van der Waals surface area contributed by atoms with Crippen LogP contribution in [-0.2, 0) is 11.0 Å². The highest BCUT2D eigenvalue weighted by molar-refractivity contribution is 5.75. The summed E-state index contributed by atoms with van der Waals surface area (Å²) in [5.41, 5.74) is -0.417. The van der Waals surface area contributed by atoms with E-state index in [9.17, 15) is 18.0 Å². The number of aryl methyl sites for hydroxylation is 1. The Hall–Kier alpha value is -1.76. The summed E-state index contributed by atoms with van der Waals surface area (Å²) in [6.45, 7) is 6.98. The van der Waals surface area contributed by atoms with Gasteiger partial charge in [0.25, 0.3) is 0 Å². The molecular weight excluding hydrogens is 285 g/mol. The molecule has 4 nitrogen and oxygen atoms in total. The van der Waals surface area contributed by atoms with Gasteiger partial charge in [-0.05, 0) is 39.8 Å². The van der Waals surface area contributed by atoms with Crippen molar-refractivity contribution >= 4 is 6.03 Å². The number of urea groups is 1. The smallest absolute Gasteiger partial charge is 0.332 e. The maximum Gasteiger partial charge on any atom is 0.416 e. The molecule has 0 aromatic heterocycles. The normalized spacial score (nSPS) is 18.6. The van der Waals surface area contributed by atoms with Crippen LogP contribution in [0.5, 0.6) is 0 Å². The van der Waals surface area contributed by atoms with Gasteiger partial charge in [-0.2, -0.15) is 18.2 Å². The monoisotopic (exact) mass is 302 g/mol. The van der Waals surface area contributed by atoms with E-state index in [2.05, 4.69) is 5.32 Å². The van der Waals surface area contributed by atoms with Crippen molar-refractivity contribution < 1.29 is 22.8 Å². The molecule has 1 aromatic rings. The number of alkyl halides is 3. The molecule has 1 saturated heterocycles. The number of benzene rings is 1. The number of nitrogens with one attached hydrogen (secondary N) is 1. The van der Waals surface area contributed by atoms with Crippen molar-refractivity contribution in [3.05, 3.63) is 34.9 Å². The molecule has 1 atom stereocenters. The largest absolute Gasteiger partial charge is 0.416 e. The van der Waals surface area contributed by atoms with Crippen LogP contribution in [-0.4, -0.2) is 16.6 Å². The number of hydrogen-bond donors (Lipinski definition) is 1. The van der Waals surface area contributed by atoms with Crippen LogP contribution in [0.25, 0.3) is 0 Å². The van der Waals surface area contributed by atoms with Crippen LogP contribution < -0.4 is 5.32 Å². The predicted molar refractivity (Wildman–Crippen MR) is 70.1 cm³/mol. The van der Waals surface area contributed by atoms with Crippen LogP contribution in [0.3, 0.4) is 0 Å². The standard InChI is InChI=1S/C14H17F3N2O2/c1-8-5-9(7-10(6-8)14(15,16)17)11-19(21-11)12(20)18-13(2,3)4/h5-7,11H,1-4H3,(H,18,20). The molecule has 2 amide bonds. The van der Waals surface area contributed by atoms with Gasteiger partial charge < -0.3 is 5.32 Å². The predicted octanol–water partition coefficient (Wildman–Crippen LogP) is 3.77. The number of carbonyl (C=O) groups is 1. The molecule has 1 aromatic carbocycles. The molecule has 1 fully saturated rings. The van der Waals surface area contributed by atoms with Gasteiger partial charge in [-0.1, -0.05) is 11.6 Å². The van der Waals surface area contributed by atoms with Gasteiger partial charge in [-0.25, -0.2) is 9.63 Å². The van der Waals surface area contributed by atoms with Crippen LogP contribution in [0, 0.1) is 6.92 Å². The van der Waals surface area contributed by atoms with Crippen molar-refractivity contribution in [3.63, 3.8) is 0 Å². The maximum atomic E-state index is 12.8. The molecule has 1 N–H and O–H groups in total. The minimum atomic E-state index is -4.42. The molecule has 0 radical (unpaired) electrons. The van der Waals surface area contributed by atoms with Crippen molar-refractivity contribution in [3.8, 4) is 0 Å². The van der Waals surface area contributed by atoms with Crippen molar-refractivity contribution in [2.45, 2.75) is 45.6 Å². The summed E-state index contributed by atoms with van der Waals surface area (Å²) in [5.74, 6) is 0. The number of rotatable bonds is 1. The molecular formula is C14H17F3N2O2. The zero-order valence-electron chi connectivity index (χ0n) is 12.2. The highest BCUT2D eigenvalue weighted by Gasteiger charge is 2.44. The molecule has 0 aliphatic carbocycles. The van der Waals surface area contributed by atoms with Crippen molar-refractivity contribution in [2.75, 3.05) is 0 Å². The highest BCUT2D eigenvalue weighted by atomic mass is 19.4. The lowest BCUT2D eigenvalue weighted by atomic mass is 10.1. The average molecular weight is 302 g/mol. The number of hydrogen-bond acceptors (Lipinski definition) is 2. The Morgan fingerprint density at radius 3 is 2.38 bits per heavy atom. The van der Waals surface area contributed by atoms with Gasteiger partial charge in [-0.15, -0.1) is 0 Å². The van der Waals surface area contributed by atoms with E-state index in [-0.39, 0.29) is 0 Å². The fourth-order valence-corrected chi connectivity index (χ4v) is 1.93. The molecule has 1 aliphatic heterocycles. The molecule has 0 bridgehead atoms. The maximum absolute atomic E-state index is 12.8. The zero-order chi connectivity index (χ0) is 16.0. The van der Waals surface area contributed by atoms with Crippen LogP contribution in [0.15, 0.2) is 18.2 Å². The third-order valence-corrected chi connectivity index (χ3v) is 2.78. The van der Waals surface area contributed by atoms with Crippen LogP contribution in [0.2, 0.25) is 0 Å². The number of carbonyl (C=O) groups excluding carboxylic acids is 1. The van der Waals surface area contributed by atoms with Gasteiger partial charge in [0, 0.05) is 11.1 Å². The first-order valence-corrected chi connectivity index (χ1v) is 6.44. The first-order valence-electron chi connectivity index (χ1n) is 6.44. The Balaban J connectivity index is 2.15. The molecule has 21 heavy (non-hydrogen) atoms. The molecule has 116 valence electrons. The number of halogens is 3.